The third-order valence-electron chi connectivity index (χ3n) is 2.82. The van der Waals surface area contributed by atoms with E-state index in [1.54, 1.807) is 6.08 Å². The molecular formula is C17H13BrOS. The monoisotopic (exact) mass is 344 g/mol. The number of hydrogen-bond donors (Lipinski definition) is 0. The van der Waals surface area contributed by atoms with Crippen LogP contribution in [0.3, 0.4) is 0 Å². The van der Waals surface area contributed by atoms with Crippen LogP contribution in [0.25, 0.3) is 0 Å². The van der Waals surface area contributed by atoms with Gasteiger partial charge < -0.3 is 4.79 Å². The lowest BCUT2D eigenvalue weighted by Crippen LogP contribution is -2.20. The van der Waals surface area contributed by atoms with Crippen LogP contribution in [-0.2, 0) is 9.54 Å². The van der Waals surface area contributed by atoms with Crippen molar-refractivity contribution in [3.05, 3.63) is 83.0 Å². The van der Waals surface area contributed by atoms with Crippen molar-refractivity contribution in [1.29, 1.82) is 0 Å². The fourth-order valence-corrected chi connectivity index (χ4v) is 3.24. The standard InChI is InChI=1S/C17H13BrOS/c1-2-12-17(13-19,14-8-10-15(18)11-9-14)20-16-6-4-3-5-7-16/h3-13H,1H2. The van der Waals surface area contributed by atoms with Crippen molar-refractivity contribution in [3.63, 3.8) is 0 Å². The molecule has 0 aromatic heterocycles. The number of thioether (sulfide) groups is 1. The average molecular weight is 345 g/mol. The van der Waals surface area contributed by atoms with Crippen LogP contribution in [0.5, 0.6) is 0 Å². The van der Waals surface area contributed by atoms with Gasteiger partial charge in [-0.15, -0.1) is 17.5 Å². The molecule has 3 heteroatoms. The minimum Gasteiger partial charge on any atom is -0.301 e. The number of benzene rings is 2. The lowest BCUT2D eigenvalue weighted by Gasteiger charge is -2.23. The molecule has 0 radical (unpaired) electrons. The normalized spacial score (nSPS) is 13.1. The molecule has 0 amide bonds. The zero-order chi connectivity index (χ0) is 14.4. The Bertz CT molecular complexity index is 630. The van der Waals surface area contributed by atoms with E-state index in [1.807, 2.05) is 54.6 Å². The minimum atomic E-state index is -0.802. The molecule has 2 aromatic carbocycles. The van der Waals surface area contributed by atoms with E-state index >= 15 is 0 Å². The second-order valence-electron chi connectivity index (χ2n) is 4.18. The van der Waals surface area contributed by atoms with Crippen LogP contribution in [0, 0.1) is 0 Å². The smallest absolute Gasteiger partial charge is 0.145 e. The van der Waals surface area contributed by atoms with Gasteiger partial charge >= 0.3 is 0 Å². The highest BCUT2D eigenvalue weighted by Gasteiger charge is 2.30. The summed E-state index contributed by atoms with van der Waals surface area (Å²) in [5.41, 5.74) is 3.66. The first kappa shape index (κ1) is 14.9. The van der Waals surface area contributed by atoms with E-state index in [0.717, 1.165) is 21.2 Å². The highest BCUT2D eigenvalue weighted by Crippen LogP contribution is 2.41. The third-order valence-corrected chi connectivity index (χ3v) is 4.64. The SMILES string of the molecule is C=C=CC(C=O)(Sc1ccccc1)c1ccc(Br)cc1. The summed E-state index contributed by atoms with van der Waals surface area (Å²) < 4.78 is 0.178. The Morgan fingerprint density at radius 3 is 2.30 bits per heavy atom. The summed E-state index contributed by atoms with van der Waals surface area (Å²) in [6, 6.07) is 17.6. The maximum absolute atomic E-state index is 11.8. The first-order chi connectivity index (χ1) is 9.70. The Balaban J connectivity index is 2.47. The molecule has 0 aliphatic heterocycles. The van der Waals surface area contributed by atoms with Crippen LogP contribution >= 0.6 is 27.7 Å². The van der Waals surface area contributed by atoms with Gasteiger partial charge in [0, 0.05) is 9.37 Å². The van der Waals surface area contributed by atoms with E-state index in [2.05, 4.69) is 28.2 Å². The molecule has 0 fully saturated rings. The van der Waals surface area contributed by atoms with Gasteiger partial charge in [0.15, 0.2) is 0 Å². The average Bonchev–Trinajstić information content (AvgIpc) is 2.48. The zero-order valence-corrected chi connectivity index (χ0v) is 13.2. The fraction of sp³-hybridized carbons (Fsp3) is 0.0588. The predicted octanol–water partition coefficient (Wildman–Crippen LogP) is 4.98. The number of aldehydes is 1. The van der Waals surface area contributed by atoms with Crippen molar-refractivity contribution in [2.45, 2.75) is 9.64 Å². The van der Waals surface area contributed by atoms with Crippen LogP contribution in [0.4, 0.5) is 0 Å². The van der Waals surface area contributed by atoms with E-state index in [-0.39, 0.29) is 0 Å². The highest BCUT2D eigenvalue weighted by atomic mass is 79.9. The molecule has 20 heavy (non-hydrogen) atoms. The number of carbonyl (C=O) groups excluding carboxylic acids is 1. The molecule has 100 valence electrons. The minimum absolute atomic E-state index is 0.802. The molecule has 0 aliphatic carbocycles. The van der Waals surface area contributed by atoms with E-state index in [4.69, 9.17) is 0 Å². The van der Waals surface area contributed by atoms with Crippen molar-refractivity contribution >= 4 is 34.0 Å². The molecule has 0 aliphatic rings. The molecule has 0 heterocycles. The van der Waals surface area contributed by atoms with E-state index in [0.29, 0.717) is 0 Å². The molecular weight excluding hydrogens is 332 g/mol. The molecule has 1 atom stereocenters. The summed E-state index contributed by atoms with van der Waals surface area (Å²) in [5.74, 6) is 0. The van der Waals surface area contributed by atoms with Gasteiger partial charge in [-0.3, -0.25) is 0 Å². The molecule has 2 rings (SSSR count). The van der Waals surface area contributed by atoms with Crippen LogP contribution in [0.2, 0.25) is 0 Å². The predicted molar refractivity (Wildman–Crippen MR) is 87.9 cm³/mol. The third kappa shape index (κ3) is 3.31. The second kappa shape index (κ2) is 6.76. The van der Waals surface area contributed by atoms with E-state index in [1.165, 1.54) is 11.8 Å². The molecule has 0 spiro atoms. The van der Waals surface area contributed by atoms with Gasteiger partial charge in [-0.05, 0) is 35.9 Å². The number of rotatable bonds is 5. The fourth-order valence-electron chi connectivity index (χ4n) is 1.84. The molecule has 2 aromatic rings. The van der Waals surface area contributed by atoms with Crippen molar-refractivity contribution in [2.24, 2.45) is 0 Å². The Labute approximate surface area is 131 Å². The zero-order valence-electron chi connectivity index (χ0n) is 10.8. The topological polar surface area (TPSA) is 17.1 Å². The van der Waals surface area contributed by atoms with Gasteiger partial charge in [-0.2, -0.15) is 0 Å². The van der Waals surface area contributed by atoms with Crippen molar-refractivity contribution < 1.29 is 4.79 Å². The Morgan fingerprint density at radius 1 is 1.10 bits per heavy atom. The van der Waals surface area contributed by atoms with Crippen LogP contribution < -0.4 is 0 Å². The first-order valence-corrected chi connectivity index (χ1v) is 7.64. The quantitative estimate of drug-likeness (QED) is 0.432. The molecule has 0 saturated carbocycles. The second-order valence-corrected chi connectivity index (χ2v) is 6.45. The summed E-state index contributed by atoms with van der Waals surface area (Å²) in [6.07, 6.45) is 2.65. The van der Waals surface area contributed by atoms with Gasteiger partial charge in [0.05, 0.1) is 0 Å². The highest BCUT2D eigenvalue weighted by molar-refractivity contribution is 9.10. The maximum atomic E-state index is 11.8. The Hall–Kier alpha value is -1.54. The summed E-state index contributed by atoms with van der Waals surface area (Å²) in [6.45, 7) is 3.62. The molecule has 0 N–H and O–H groups in total. The Kier molecular flexibility index (Phi) is 5.02. The van der Waals surface area contributed by atoms with Gasteiger partial charge in [0.25, 0.3) is 0 Å². The van der Waals surface area contributed by atoms with Gasteiger partial charge in [-0.25, -0.2) is 0 Å². The number of carbonyl (C=O) groups is 1. The largest absolute Gasteiger partial charge is 0.301 e. The maximum Gasteiger partial charge on any atom is 0.145 e. The molecule has 0 bridgehead atoms. The van der Waals surface area contributed by atoms with Crippen molar-refractivity contribution in [1.82, 2.24) is 0 Å². The lowest BCUT2D eigenvalue weighted by molar-refractivity contribution is -0.109. The van der Waals surface area contributed by atoms with Crippen LogP contribution in [-0.4, -0.2) is 6.29 Å². The number of halogens is 1. The van der Waals surface area contributed by atoms with Crippen molar-refractivity contribution in [3.8, 4) is 0 Å². The van der Waals surface area contributed by atoms with Gasteiger partial charge in [0.2, 0.25) is 0 Å². The molecule has 1 unspecified atom stereocenters. The van der Waals surface area contributed by atoms with Crippen LogP contribution in [0.1, 0.15) is 5.56 Å². The molecule has 0 saturated heterocycles. The van der Waals surface area contributed by atoms with Gasteiger partial charge in [0.1, 0.15) is 11.0 Å². The summed E-state index contributed by atoms with van der Waals surface area (Å²) in [5, 5.41) is 0. The summed E-state index contributed by atoms with van der Waals surface area (Å²) in [4.78, 5) is 12.8. The van der Waals surface area contributed by atoms with Crippen LogP contribution in [0.15, 0.2) is 82.4 Å². The first-order valence-electron chi connectivity index (χ1n) is 6.03. The number of hydrogen-bond acceptors (Lipinski definition) is 2. The molecule has 1 nitrogen and oxygen atoms in total. The van der Waals surface area contributed by atoms with Crippen molar-refractivity contribution in [2.75, 3.05) is 0 Å². The van der Waals surface area contributed by atoms with Gasteiger partial charge in [-0.1, -0.05) is 52.8 Å². The Morgan fingerprint density at radius 2 is 1.75 bits per heavy atom. The lowest BCUT2D eigenvalue weighted by atomic mass is 10.00. The summed E-state index contributed by atoms with van der Waals surface area (Å²) in [7, 11) is 0. The summed E-state index contributed by atoms with van der Waals surface area (Å²) >= 11 is 4.88. The van der Waals surface area contributed by atoms with E-state index < -0.39 is 4.75 Å². The van der Waals surface area contributed by atoms with E-state index in [9.17, 15) is 4.79 Å².